The van der Waals surface area contributed by atoms with Crippen molar-refractivity contribution in [1.82, 2.24) is 5.32 Å². The minimum absolute atomic E-state index is 0.0299. The summed E-state index contributed by atoms with van der Waals surface area (Å²) in [6, 6.07) is 9.78. The maximum atomic E-state index is 12.1. The van der Waals surface area contributed by atoms with E-state index in [1.165, 1.54) is 11.8 Å². The zero-order valence-electron chi connectivity index (χ0n) is 11.8. The number of hydrogen-bond donors (Lipinski definition) is 1. The Hall–Kier alpha value is -1.88. The Morgan fingerprint density at radius 1 is 1.38 bits per heavy atom. The third kappa shape index (κ3) is 3.24. The van der Waals surface area contributed by atoms with E-state index in [2.05, 4.69) is 5.32 Å². The van der Waals surface area contributed by atoms with E-state index in [4.69, 9.17) is 9.15 Å². The Kier molecular flexibility index (Phi) is 4.20. The number of hydrogen-bond acceptors (Lipinski definition) is 4. The molecule has 1 aliphatic rings. The fourth-order valence-corrected chi connectivity index (χ4v) is 3.17. The molecule has 1 amide bonds. The summed E-state index contributed by atoms with van der Waals surface area (Å²) in [4.78, 5) is 13.1. The first-order valence-electron chi connectivity index (χ1n) is 6.92. The highest BCUT2D eigenvalue weighted by molar-refractivity contribution is 8.00. The van der Waals surface area contributed by atoms with Gasteiger partial charge in [0.25, 0.3) is 0 Å². The van der Waals surface area contributed by atoms with Gasteiger partial charge in [0, 0.05) is 16.9 Å². The summed E-state index contributed by atoms with van der Waals surface area (Å²) in [7, 11) is 0. The van der Waals surface area contributed by atoms with Crippen LogP contribution in [0.4, 0.5) is 0 Å². The van der Waals surface area contributed by atoms with Crippen LogP contribution in [0, 0.1) is 6.92 Å². The molecule has 1 aromatic carbocycles. The van der Waals surface area contributed by atoms with Gasteiger partial charge in [-0.05, 0) is 19.1 Å². The SMILES string of the molecule is Cc1occc1SCC(=O)N[C@@H]1CCOc2ccccc21. The lowest BCUT2D eigenvalue weighted by atomic mass is 10.0. The number of thioether (sulfide) groups is 1. The summed E-state index contributed by atoms with van der Waals surface area (Å²) in [5.74, 6) is 2.14. The Bertz CT molecular complexity index is 638. The van der Waals surface area contributed by atoms with Crippen LogP contribution < -0.4 is 10.1 Å². The van der Waals surface area contributed by atoms with E-state index in [1.54, 1.807) is 6.26 Å². The topological polar surface area (TPSA) is 51.5 Å². The van der Waals surface area contributed by atoms with Crippen LogP contribution >= 0.6 is 11.8 Å². The molecule has 1 N–H and O–H groups in total. The van der Waals surface area contributed by atoms with E-state index >= 15 is 0 Å². The van der Waals surface area contributed by atoms with Crippen molar-refractivity contribution < 1.29 is 13.9 Å². The van der Waals surface area contributed by atoms with Crippen LogP contribution in [-0.2, 0) is 4.79 Å². The molecule has 0 bridgehead atoms. The molecule has 1 atom stereocenters. The number of amides is 1. The number of furan rings is 1. The fraction of sp³-hybridized carbons (Fsp3) is 0.312. The number of ether oxygens (including phenoxy) is 1. The van der Waals surface area contributed by atoms with Crippen molar-refractivity contribution in [2.24, 2.45) is 0 Å². The van der Waals surface area contributed by atoms with Gasteiger partial charge >= 0.3 is 0 Å². The van der Waals surface area contributed by atoms with Gasteiger partial charge in [0.2, 0.25) is 5.91 Å². The van der Waals surface area contributed by atoms with Gasteiger partial charge in [0.15, 0.2) is 0 Å². The molecular formula is C16H17NO3S. The average molecular weight is 303 g/mol. The number of carbonyl (C=O) groups is 1. The monoisotopic (exact) mass is 303 g/mol. The molecule has 110 valence electrons. The molecule has 2 aromatic rings. The van der Waals surface area contributed by atoms with Gasteiger partial charge in [0.1, 0.15) is 11.5 Å². The highest BCUT2D eigenvalue weighted by Gasteiger charge is 2.22. The predicted octanol–water partition coefficient (Wildman–Crippen LogP) is 3.32. The van der Waals surface area contributed by atoms with Gasteiger partial charge in [-0.15, -0.1) is 11.8 Å². The van der Waals surface area contributed by atoms with E-state index in [9.17, 15) is 4.79 Å². The van der Waals surface area contributed by atoms with E-state index in [0.717, 1.165) is 28.4 Å². The van der Waals surface area contributed by atoms with Gasteiger partial charge in [-0.25, -0.2) is 0 Å². The molecule has 0 fully saturated rings. The summed E-state index contributed by atoms with van der Waals surface area (Å²) >= 11 is 1.49. The van der Waals surface area contributed by atoms with Crippen molar-refractivity contribution >= 4 is 17.7 Å². The highest BCUT2D eigenvalue weighted by atomic mass is 32.2. The van der Waals surface area contributed by atoms with Crippen LogP contribution in [0.2, 0.25) is 0 Å². The van der Waals surface area contributed by atoms with Crippen molar-refractivity contribution in [2.45, 2.75) is 24.3 Å². The molecule has 3 rings (SSSR count). The summed E-state index contributed by atoms with van der Waals surface area (Å²) < 4.78 is 10.8. The number of fused-ring (bicyclic) bond motifs is 1. The molecule has 0 aliphatic carbocycles. The molecule has 0 radical (unpaired) electrons. The molecule has 0 saturated heterocycles. The molecule has 1 aromatic heterocycles. The molecule has 0 saturated carbocycles. The van der Waals surface area contributed by atoms with Crippen LogP contribution in [0.3, 0.4) is 0 Å². The van der Waals surface area contributed by atoms with Gasteiger partial charge in [-0.2, -0.15) is 0 Å². The van der Waals surface area contributed by atoms with Crippen LogP contribution in [-0.4, -0.2) is 18.3 Å². The molecule has 2 heterocycles. The van der Waals surface area contributed by atoms with Crippen molar-refractivity contribution in [1.29, 1.82) is 0 Å². The Morgan fingerprint density at radius 2 is 2.24 bits per heavy atom. The van der Waals surface area contributed by atoms with Crippen molar-refractivity contribution in [3.05, 3.63) is 47.9 Å². The zero-order valence-corrected chi connectivity index (χ0v) is 12.6. The van der Waals surface area contributed by atoms with Gasteiger partial charge in [0.05, 0.1) is 24.7 Å². The second-order valence-corrected chi connectivity index (χ2v) is 5.94. The van der Waals surface area contributed by atoms with Crippen LogP contribution in [0.5, 0.6) is 5.75 Å². The highest BCUT2D eigenvalue weighted by Crippen LogP contribution is 2.31. The maximum Gasteiger partial charge on any atom is 0.230 e. The third-order valence-corrected chi connectivity index (χ3v) is 4.60. The lowest BCUT2D eigenvalue weighted by Gasteiger charge is -2.26. The summed E-state index contributed by atoms with van der Waals surface area (Å²) in [5, 5.41) is 3.09. The summed E-state index contributed by atoms with van der Waals surface area (Å²) in [6.45, 7) is 2.53. The second-order valence-electron chi connectivity index (χ2n) is 4.92. The third-order valence-electron chi connectivity index (χ3n) is 3.46. The van der Waals surface area contributed by atoms with Crippen molar-refractivity contribution in [3.8, 4) is 5.75 Å². The summed E-state index contributed by atoms with van der Waals surface area (Å²) in [5.41, 5.74) is 1.06. The normalized spacial score (nSPS) is 16.9. The molecule has 0 unspecified atom stereocenters. The second kappa shape index (κ2) is 6.26. The van der Waals surface area contributed by atoms with E-state index in [1.807, 2.05) is 37.3 Å². The fourth-order valence-electron chi connectivity index (χ4n) is 2.39. The lowest BCUT2D eigenvalue weighted by Crippen LogP contribution is -2.33. The quantitative estimate of drug-likeness (QED) is 0.880. The minimum Gasteiger partial charge on any atom is -0.493 e. The standard InChI is InChI=1S/C16H17NO3S/c1-11-15(7-9-19-11)21-10-16(18)17-13-6-8-20-14-5-3-2-4-12(13)14/h2-5,7,9,13H,6,8,10H2,1H3,(H,17,18)/t13-/m1/s1. The van der Waals surface area contributed by atoms with Crippen LogP contribution in [0.15, 0.2) is 45.9 Å². The number of rotatable bonds is 4. The van der Waals surface area contributed by atoms with Crippen LogP contribution in [0.1, 0.15) is 23.8 Å². The molecular weight excluding hydrogens is 286 g/mol. The number of para-hydroxylation sites is 1. The van der Waals surface area contributed by atoms with E-state index in [0.29, 0.717) is 12.4 Å². The summed E-state index contributed by atoms with van der Waals surface area (Å²) in [6.07, 6.45) is 2.45. The zero-order chi connectivity index (χ0) is 14.7. The Labute approximate surface area is 127 Å². The van der Waals surface area contributed by atoms with Crippen molar-refractivity contribution in [3.63, 3.8) is 0 Å². The Balaban J connectivity index is 1.60. The molecule has 0 spiro atoms. The number of aryl methyl sites for hydroxylation is 1. The maximum absolute atomic E-state index is 12.1. The first kappa shape index (κ1) is 14.1. The van der Waals surface area contributed by atoms with Gasteiger partial charge in [-0.3, -0.25) is 4.79 Å². The largest absolute Gasteiger partial charge is 0.493 e. The number of benzene rings is 1. The number of nitrogens with one attached hydrogen (secondary N) is 1. The molecule has 21 heavy (non-hydrogen) atoms. The predicted molar refractivity (Wildman–Crippen MR) is 81.6 cm³/mol. The minimum atomic E-state index is 0.0299. The van der Waals surface area contributed by atoms with Crippen LogP contribution in [0.25, 0.3) is 0 Å². The average Bonchev–Trinajstić information content (AvgIpc) is 2.91. The van der Waals surface area contributed by atoms with E-state index < -0.39 is 0 Å². The molecule has 1 aliphatic heterocycles. The van der Waals surface area contributed by atoms with E-state index in [-0.39, 0.29) is 11.9 Å². The Morgan fingerprint density at radius 3 is 3.05 bits per heavy atom. The first-order chi connectivity index (χ1) is 10.2. The number of carbonyl (C=O) groups excluding carboxylic acids is 1. The van der Waals surface area contributed by atoms with Gasteiger partial charge in [-0.1, -0.05) is 18.2 Å². The first-order valence-corrected chi connectivity index (χ1v) is 7.90. The lowest BCUT2D eigenvalue weighted by molar-refractivity contribution is -0.119. The van der Waals surface area contributed by atoms with Crippen molar-refractivity contribution in [2.75, 3.05) is 12.4 Å². The molecule has 5 heteroatoms. The van der Waals surface area contributed by atoms with Gasteiger partial charge < -0.3 is 14.5 Å². The molecule has 4 nitrogen and oxygen atoms in total. The smallest absolute Gasteiger partial charge is 0.230 e.